The molecule has 148 valence electrons. The smallest absolute Gasteiger partial charge is 0.414 e. The zero-order valence-corrected chi connectivity index (χ0v) is 16.6. The van der Waals surface area contributed by atoms with Crippen molar-refractivity contribution in [3.05, 3.63) is 59.7 Å². The summed E-state index contributed by atoms with van der Waals surface area (Å²) in [5, 5.41) is 14.8. The number of thioether (sulfide) groups is 1. The summed E-state index contributed by atoms with van der Waals surface area (Å²) in [6.07, 6.45) is 2.25. The minimum Gasteiger partial charge on any atom is -0.473 e. The van der Waals surface area contributed by atoms with Crippen molar-refractivity contribution in [3.63, 3.8) is 0 Å². The van der Waals surface area contributed by atoms with Crippen molar-refractivity contribution >= 4 is 34.7 Å². The zero-order chi connectivity index (χ0) is 20.5. The van der Waals surface area contributed by atoms with E-state index in [1.54, 1.807) is 0 Å². The van der Waals surface area contributed by atoms with Gasteiger partial charge in [0.05, 0.1) is 0 Å². The molecule has 0 fully saturated rings. The Morgan fingerprint density at radius 3 is 2.25 bits per heavy atom. The van der Waals surface area contributed by atoms with E-state index in [9.17, 15) is 0 Å². The fraction of sp³-hybridized carbons (Fsp3) is 0.238. The predicted octanol–water partition coefficient (Wildman–Crippen LogP) is 4.13. The summed E-state index contributed by atoms with van der Waals surface area (Å²) >= 11 is 1.90. The Bertz CT molecular complexity index is 853. The third-order valence-corrected chi connectivity index (χ3v) is 5.07. The molecule has 6 nitrogen and oxygen atoms in total. The van der Waals surface area contributed by atoms with Crippen LogP contribution in [-0.2, 0) is 9.59 Å². The molecule has 7 heteroatoms. The topological polar surface area (TPSA) is 87.1 Å². The first-order valence-electron chi connectivity index (χ1n) is 8.78. The number of benzene rings is 2. The van der Waals surface area contributed by atoms with E-state index >= 15 is 0 Å². The first-order chi connectivity index (χ1) is 13.4. The van der Waals surface area contributed by atoms with Gasteiger partial charge in [-0.3, -0.25) is 0 Å². The third kappa shape index (κ3) is 6.14. The van der Waals surface area contributed by atoms with Crippen LogP contribution in [0.15, 0.2) is 48.5 Å². The van der Waals surface area contributed by atoms with E-state index in [2.05, 4.69) is 49.2 Å². The van der Waals surface area contributed by atoms with Crippen LogP contribution in [0.3, 0.4) is 0 Å². The molecule has 0 aliphatic carbocycles. The van der Waals surface area contributed by atoms with E-state index in [1.807, 2.05) is 36.0 Å². The molecule has 0 aromatic heterocycles. The highest BCUT2D eigenvalue weighted by atomic mass is 32.2. The highest BCUT2D eigenvalue weighted by molar-refractivity contribution is 8.08. The molecular weight excluding hydrogens is 378 g/mol. The normalized spacial score (nSPS) is 11.8. The lowest BCUT2D eigenvalue weighted by molar-refractivity contribution is -0.159. The van der Waals surface area contributed by atoms with Gasteiger partial charge in [0.15, 0.2) is 0 Å². The minimum absolute atomic E-state index is 0.927. The Balaban J connectivity index is 0.000000409. The van der Waals surface area contributed by atoms with Gasteiger partial charge in [-0.05, 0) is 31.8 Å². The monoisotopic (exact) mass is 401 g/mol. The fourth-order valence-corrected chi connectivity index (χ4v) is 3.54. The van der Waals surface area contributed by atoms with Gasteiger partial charge >= 0.3 is 11.9 Å². The van der Waals surface area contributed by atoms with Crippen LogP contribution in [-0.4, -0.2) is 52.9 Å². The van der Waals surface area contributed by atoms with Crippen molar-refractivity contribution in [2.45, 2.75) is 6.92 Å². The first-order valence-corrected chi connectivity index (χ1v) is 9.76. The van der Waals surface area contributed by atoms with E-state index in [1.165, 1.54) is 10.5 Å². The average molecular weight is 401 g/mol. The molecule has 2 aromatic rings. The summed E-state index contributed by atoms with van der Waals surface area (Å²) in [7, 11) is 2.16. The summed E-state index contributed by atoms with van der Waals surface area (Å²) in [6, 6.07) is 16.5. The predicted molar refractivity (Wildman–Crippen MR) is 112 cm³/mol. The Hall–Kier alpha value is -2.77. The molecule has 0 bridgehead atoms. The molecule has 3 rings (SSSR count). The molecule has 0 saturated carbocycles. The molecule has 28 heavy (non-hydrogen) atoms. The molecule has 0 amide bonds. The van der Waals surface area contributed by atoms with Crippen LogP contribution >= 0.6 is 11.8 Å². The van der Waals surface area contributed by atoms with E-state index in [4.69, 9.17) is 24.5 Å². The molecule has 0 unspecified atom stereocenters. The van der Waals surface area contributed by atoms with Gasteiger partial charge in [0.25, 0.3) is 0 Å². The van der Waals surface area contributed by atoms with Gasteiger partial charge in [-0.15, -0.1) is 11.8 Å². The molecule has 1 aliphatic rings. The van der Waals surface area contributed by atoms with Crippen LogP contribution in [0.5, 0.6) is 11.5 Å². The molecule has 0 saturated heterocycles. The molecule has 0 radical (unpaired) electrons. The molecule has 2 aromatic carbocycles. The number of carboxylic acid groups (broad SMARTS) is 2. The zero-order valence-electron chi connectivity index (χ0n) is 15.8. The van der Waals surface area contributed by atoms with Crippen LogP contribution in [0.4, 0.5) is 0 Å². The van der Waals surface area contributed by atoms with Crippen molar-refractivity contribution in [3.8, 4) is 11.5 Å². The van der Waals surface area contributed by atoms with Crippen molar-refractivity contribution in [2.75, 3.05) is 25.9 Å². The van der Waals surface area contributed by atoms with Gasteiger partial charge in [0, 0.05) is 28.3 Å². The number of hydrogen-bond acceptors (Lipinski definition) is 5. The molecule has 0 spiro atoms. The standard InChI is InChI=1S/C19H21NOS.C2H2O4/c1-3-20(2)12-13-22-19-14-15-8-4-6-10-17(15)21-18-11-7-5-9-16(18)19;3-1(4)2(5)6/h4-11,14H,3,12-13H2,1-2H3;(H,3,4)(H,5,6). The lowest BCUT2D eigenvalue weighted by Gasteiger charge is -2.14. The Morgan fingerprint density at radius 2 is 1.61 bits per heavy atom. The lowest BCUT2D eigenvalue weighted by Crippen LogP contribution is -2.20. The van der Waals surface area contributed by atoms with E-state index in [0.29, 0.717) is 0 Å². The van der Waals surface area contributed by atoms with Gasteiger partial charge in [0.2, 0.25) is 0 Å². The number of aliphatic carboxylic acids is 2. The summed E-state index contributed by atoms with van der Waals surface area (Å²) in [6.45, 7) is 4.36. The van der Waals surface area contributed by atoms with Gasteiger partial charge in [-0.1, -0.05) is 43.3 Å². The van der Waals surface area contributed by atoms with E-state index < -0.39 is 11.9 Å². The van der Waals surface area contributed by atoms with Crippen molar-refractivity contribution < 1.29 is 24.5 Å². The number of fused-ring (bicyclic) bond motifs is 2. The van der Waals surface area contributed by atoms with Crippen LogP contribution < -0.4 is 4.74 Å². The Morgan fingerprint density at radius 1 is 1.00 bits per heavy atom. The number of nitrogens with zero attached hydrogens (tertiary/aromatic N) is 1. The molecule has 1 heterocycles. The fourth-order valence-electron chi connectivity index (χ4n) is 2.38. The summed E-state index contributed by atoms with van der Waals surface area (Å²) in [5.74, 6) is -0.705. The van der Waals surface area contributed by atoms with Crippen molar-refractivity contribution in [1.29, 1.82) is 0 Å². The number of carboxylic acids is 2. The maximum absolute atomic E-state index is 9.10. The summed E-state index contributed by atoms with van der Waals surface area (Å²) in [5.41, 5.74) is 2.33. The third-order valence-electron chi connectivity index (χ3n) is 4.03. The second-order valence-corrected chi connectivity index (χ2v) is 7.14. The second kappa shape index (κ2) is 10.5. The van der Waals surface area contributed by atoms with E-state index in [-0.39, 0.29) is 0 Å². The molecule has 1 aliphatic heterocycles. The van der Waals surface area contributed by atoms with Crippen LogP contribution in [0, 0.1) is 0 Å². The summed E-state index contributed by atoms with van der Waals surface area (Å²) < 4.78 is 6.11. The second-order valence-electron chi connectivity index (χ2n) is 6.00. The minimum atomic E-state index is -1.82. The first kappa shape index (κ1) is 21.5. The molecule has 2 N–H and O–H groups in total. The van der Waals surface area contributed by atoms with Gasteiger partial charge in [0.1, 0.15) is 11.5 Å². The molecule has 0 atom stereocenters. The number of ether oxygens (including phenoxy) is 1. The average Bonchev–Trinajstić information content (AvgIpc) is 2.84. The number of hydrogen-bond donors (Lipinski definition) is 2. The maximum Gasteiger partial charge on any atom is 0.414 e. The SMILES string of the molecule is CCN(C)CCSC1=Cc2ccccc2Oc2ccccc21.O=C(O)C(=O)O. The van der Waals surface area contributed by atoms with Gasteiger partial charge < -0.3 is 19.8 Å². The van der Waals surface area contributed by atoms with Crippen molar-refractivity contribution in [1.82, 2.24) is 4.90 Å². The quantitative estimate of drug-likeness (QED) is 0.729. The number of para-hydroxylation sites is 2. The van der Waals surface area contributed by atoms with Crippen LogP contribution in [0.25, 0.3) is 11.0 Å². The van der Waals surface area contributed by atoms with E-state index in [0.717, 1.165) is 35.9 Å². The maximum atomic E-state index is 9.10. The number of carbonyl (C=O) groups is 2. The Kier molecular flexibility index (Phi) is 8.10. The largest absolute Gasteiger partial charge is 0.473 e. The van der Waals surface area contributed by atoms with Crippen molar-refractivity contribution in [2.24, 2.45) is 0 Å². The van der Waals surface area contributed by atoms with Gasteiger partial charge in [-0.2, -0.15) is 0 Å². The number of rotatable bonds is 5. The highest BCUT2D eigenvalue weighted by Crippen LogP contribution is 2.42. The van der Waals surface area contributed by atoms with Gasteiger partial charge in [-0.25, -0.2) is 9.59 Å². The van der Waals surface area contributed by atoms with Crippen LogP contribution in [0.1, 0.15) is 18.1 Å². The molecular formula is C21H23NO5S. The van der Waals surface area contributed by atoms with Crippen LogP contribution in [0.2, 0.25) is 0 Å². The lowest BCUT2D eigenvalue weighted by atomic mass is 10.1. The highest BCUT2D eigenvalue weighted by Gasteiger charge is 2.16. The Labute approximate surface area is 168 Å². The summed E-state index contributed by atoms with van der Waals surface area (Å²) in [4.78, 5) is 21.8.